The highest BCUT2D eigenvalue weighted by Crippen LogP contribution is 2.25. The Hall–Kier alpha value is -1.34. The molecule has 6 nitrogen and oxygen atoms in total. The Morgan fingerprint density at radius 3 is 2.77 bits per heavy atom. The van der Waals surface area contributed by atoms with Gasteiger partial charge in [-0.05, 0) is 18.2 Å². The first-order valence-electron chi connectivity index (χ1n) is 6.65. The van der Waals surface area contributed by atoms with E-state index in [0.717, 1.165) is 0 Å². The van der Waals surface area contributed by atoms with Gasteiger partial charge < -0.3 is 15.2 Å². The monoisotopic (exact) mass is 346 g/mol. The Kier molecular flexibility index (Phi) is 5.63. The lowest BCUT2D eigenvalue weighted by Gasteiger charge is -2.21. The highest BCUT2D eigenvalue weighted by atomic mass is 35.5. The van der Waals surface area contributed by atoms with Crippen molar-refractivity contribution >= 4 is 40.8 Å². The van der Waals surface area contributed by atoms with E-state index < -0.39 is 18.1 Å². The molecule has 22 heavy (non-hydrogen) atoms. The number of hydrogen-bond acceptors (Lipinski definition) is 5. The number of methoxy groups -OCH3 is 1. The first-order valence-corrected chi connectivity index (χ1v) is 7.41. The number of nitrogens with zero attached hydrogens (tertiary/aromatic N) is 1. The number of aliphatic hydroxyl groups is 1. The number of carbonyl (C=O) groups excluding carboxylic acids is 2. The largest absolute Gasteiger partial charge is 0.468 e. The second-order valence-electron chi connectivity index (χ2n) is 5.03. The van der Waals surface area contributed by atoms with Crippen molar-refractivity contribution in [2.45, 2.75) is 18.6 Å². The summed E-state index contributed by atoms with van der Waals surface area (Å²) < 4.78 is 4.69. The summed E-state index contributed by atoms with van der Waals surface area (Å²) in [5.74, 6) is -0.778. The summed E-state index contributed by atoms with van der Waals surface area (Å²) in [4.78, 5) is 25.3. The molecule has 2 N–H and O–H groups in total. The van der Waals surface area contributed by atoms with Gasteiger partial charge in [0.25, 0.3) is 0 Å². The standard InChI is InChI=1S/C14H16Cl2N2O4/c1-22-14(21)12-5-9(19)6-18(12)7-13(20)17-8-2-3-10(15)11(16)4-8/h2-4,9,12,19H,5-7H2,1H3,(H,17,20)/t9-,12-/m1/s1. The van der Waals surface area contributed by atoms with E-state index in [0.29, 0.717) is 15.7 Å². The molecule has 120 valence electrons. The smallest absolute Gasteiger partial charge is 0.323 e. The van der Waals surface area contributed by atoms with Crippen molar-refractivity contribution in [3.63, 3.8) is 0 Å². The number of rotatable bonds is 4. The van der Waals surface area contributed by atoms with Gasteiger partial charge in [0.15, 0.2) is 0 Å². The van der Waals surface area contributed by atoms with Crippen LogP contribution in [0.5, 0.6) is 0 Å². The third-order valence-electron chi connectivity index (χ3n) is 3.40. The van der Waals surface area contributed by atoms with Crippen LogP contribution < -0.4 is 5.32 Å². The maximum atomic E-state index is 12.1. The first kappa shape index (κ1) is 17.0. The number of nitrogens with one attached hydrogen (secondary N) is 1. The predicted molar refractivity (Wildman–Crippen MR) is 83.1 cm³/mol. The van der Waals surface area contributed by atoms with Crippen molar-refractivity contribution in [3.05, 3.63) is 28.2 Å². The van der Waals surface area contributed by atoms with Crippen molar-refractivity contribution in [2.75, 3.05) is 25.5 Å². The van der Waals surface area contributed by atoms with Gasteiger partial charge in [-0.1, -0.05) is 23.2 Å². The van der Waals surface area contributed by atoms with E-state index in [1.807, 2.05) is 0 Å². The number of esters is 1. The highest BCUT2D eigenvalue weighted by molar-refractivity contribution is 6.42. The number of ether oxygens (including phenoxy) is 1. The van der Waals surface area contributed by atoms with Crippen LogP contribution in [0.3, 0.4) is 0 Å². The van der Waals surface area contributed by atoms with Crippen LogP contribution >= 0.6 is 23.2 Å². The molecule has 2 atom stereocenters. The minimum absolute atomic E-state index is 0.0307. The summed E-state index contributed by atoms with van der Waals surface area (Å²) in [7, 11) is 1.28. The molecule has 0 saturated carbocycles. The number of anilines is 1. The molecule has 1 aliphatic heterocycles. The second-order valence-corrected chi connectivity index (χ2v) is 5.85. The number of amides is 1. The molecule has 0 radical (unpaired) electrons. The minimum Gasteiger partial charge on any atom is -0.468 e. The third kappa shape index (κ3) is 4.10. The van der Waals surface area contributed by atoms with E-state index in [1.165, 1.54) is 7.11 Å². The number of β-amino-alcohol motifs (C(OH)–C–C–N with tert-alkyl or cyclic N) is 1. The molecule has 1 aromatic carbocycles. The van der Waals surface area contributed by atoms with Gasteiger partial charge >= 0.3 is 5.97 Å². The van der Waals surface area contributed by atoms with Crippen molar-refractivity contribution in [1.82, 2.24) is 4.90 Å². The zero-order valence-electron chi connectivity index (χ0n) is 11.9. The number of aliphatic hydroxyl groups excluding tert-OH is 1. The molecule has 1 heterocycles. The van der Waals surface area contributed by atoms with Crippen LogP contribution in [-0.2, 0) is 14.3 Å². The van der Waals surface area contributed by atoms with Crippen LogP contribution in [-0.4, -0.2) is 54.2 Å². The molecule has 8 heteroatoms. The van der Waals surface area contributed by atoms with Crippen LogP contribution in [0.2, 0.25) is 10.0 Å². The number of hydrogen-bond donors (Lipinski definition) is 2. The van der Waals surface area contributed by atoms with E-state index in [-0.39, 0.29) is 25.4 Å². The molecule has 0 spiro atoms. The fourth-order valence-corrected chi connectivity index (χ4v) is 2.69. The van der Waals surface area contributed by atoms with Gasteiger partial charge in [0.05, 0.1) is 29.8 Å². The molecule has 0 aliphatic carbocycles. The van der Waals surface area contributed by atoms with Gasteiger partial charge in [0.2, 0.25) is 5.91 Å². The van der Waals surface area contributed by atoms with Crippen LogP contribution in [0, 0.1) is 0 Å². The number of carbonyl (C=O) groups is 2. The zero-order chi connectivity index (χ0) is 16.3. The normalized spacial score (nSPS) is 21.6. The molecule has 1 saturated heterocycles. The van der Waals surface area contributed by atoms with Gasteiger partial charge in [-0.3, -0.25) is 14.5 Å². The molecule has 1 aromatic rings. The molecule has 2 rings (SSSR count). The van der Waals surface area contributed by atoms with Gasteiger partial charge in [0, 0.05) is 18.7 Å². The first-order chi connectivity index (χ1) is 10.4. The second kappa shape index (κ2) is 7.28. The Morgan fingerprint density at radius 2 is 2.14 bits per heavy atom. The van der Waals surface area contributed by atoms with Crippen LogP contribution in [0.1, 0.15) is 6.42 Å². The summed E-state index contributed by atoms with van der Waals surface area (Å²) in [5, 5.41) is 13.1. The average molecular weight is 347 g/mol. The summed E-state index contributed by atoms with van der Waals surface area (Å²) in [6, 6.07) is 4.14. The van der Waals surface area contributed by atoms with E-state index in [9.17, 15) is 14.7 Å². The highest BCUT2D eigenvalue weighted by Gasteiger charge is 2.37. The molecule has 0 aromatic heterocycles. The molecule has 1 amide bonds. The van der Waals surface area contributed by atoms with Gasteiger partial charge in [0.1, 0.15) is 6.04 Å². The predicted octanol–water partition coefficient (Wildman–Crippen LogP) is 1.54. The van der Waals surface area contributed by atoms with Crippen molar-refractivity contribution in [2.24, 2.45) is 0 Å². The van der Waals surface area contributed by atoms with Gasteiger partial charge in [-0.2, -0.15) is 0 Å². The van der Waals surface area contributed by atoms with Crippen LogP contribution in [0.4, 0.5) is 5.69 Å². The molecule has 1 fully saturated rings. The summed E-state index contributed by atoms with van der Waals surface area (Å²) in [5.41, 5.74) is 0.508. The minimum atomic E-state index is -0.651. The summed E-state index contributed by atoms with van der Waals surface area (Å²) >= 11 is 11.7. The fourth-order valence-electron chi connectivity index (χ4n) is 2.39. The lowest BCUT2D eigenvalue weighted by molar-refractivity contribution is -0.146. The van der Waals surface area contributed by atoms with Gasteiger partial charge in [-0.15, -0.1) is 0 Å². The van der Waals surface area contributed by atoms with E-state index in [2.05, 4.69) is 10.1 Å². The maximum absolute atomic E-state index is 12.1. The van der Waals surface area contributed by atoms with E-state index >= 15 is 0 Å². The van der Waals surface area contributed by atoms with E-state index in [1.54, 1.807) is 23.1 Å². The Bertz CT molecular complexity index is 582. The summed E-state index contributed by atoms with van der Waals surface area (Å²) in [6.45, 7) is 0.214. The SMILES string of the molecule is COC(=O)[C@H]1C[C@@H](O)CN1CC(=O)Nc1ccc(Cl)c(Cl)c1. The third-order valence-corrected chi connectivity index (χ3v) is 4.14. The lowest BCUT2D eigenvalue weighted by atomic mass is 10.2. The van der Waals surface area contributed by atoms with Crippen molar-refractivity contribution in [3.8, 4) is 0 Å². The van der Waals surface area contributed by atoms with Crippen LogP contribution in [0.15, 0.2) is 18.2 Å². The number of halogens is 2. The van der Waals surface area contributed by atoms with Crippen molar-refractivity contribution in [1.29, 1.82) is 0 Å². The Labute approximate surface area is 137 Å². The maximum Gasteiger partial charge on any atom is 0.323 e. The lowest BCUT2D eigenvalue weighted by Crippen LogP contribution is -2.41. The average Bonchev–Trinajstić information content (AvgIpc) is 2.82. The molecular formula is C14H16Cl2N2O4. The van der Waals surface area contributed by atoms with Crippen LogP contribution in [0.25, 0.3) is 0 Å². The summed E-state index contributed by atoms with van der Waals surface area (Å²) in [6.07, 6.45) is -0.394. The van der Waals surface area contributed by atoms with Gasteiger partial charge in [-0.25, -0.2) is 0 Å². The van der Waals surface area contributed by atoms with E-state index in [4.69, 9.17) is 23.2 Å². The topological polar surface area (TPSA) is 78.9 Å². The zero-order valence-corrected chi connectivity index (χ0v) is 13.4. The van der Waals surface area contributed by atoms with Crippen molar-refractivity contribution < 1.29 is 19.4 Å². The number of likely N-dealkylation sites (tertiary alicyclic amines) is 1. The fraction of sp³-hybridized carbons (Fsp3) is 0.429. The molecule has 0 unspecified atom stereocenters. The Balaban J connectivity index is 1.98. The molecule has 1 aliphatic rings. The molecular weight excluding hydrogens is 331 g/mol. The quantitative estimate of drug-likeness (QED) is 0.808. The molecule has 0 bridgehead atoms. The number of benzene rings is 1. The Morgan fingerprint density at radius 1 is 1.41 bits per heavy atom.